The fraction of sp³-hybridized carbons (Fsp3) is 0.917. The first kappa shape index (κ1) is 15.0. The average molecular weight is 254 g/mol. The molecule has 1 heterocycles. The summed E-state index contributed by atoms with van der Waals surface area (Å²) in [6, 6.07) is 0.312. The Morgan fingerprint density at radius 2 is 1.94 bits per heavy atom. The van der Waals surface area contributed by atoms with Crippen molar-refractivity contribution >= 4 is 0 Å². The molecule has 0 fully saturated rings. The predicted molar refractivity (Wildman–Crippen MR) is 72.3 cm³/mol. The topological polar surface area (TPSA) is 58.9 Å². The fourth-order valence-electron chi connectivity index (χ4n) is 2.84. The molecule has 0 aromatic carbocycles. The molecule has 0 bridgehead atoms. The summed E-state index contributed by atoms with van der Waals surface area (Å²) in [5.41, 5.74) is 0.119. The van der Waals surface area contributed by atoms with Crippen molar-refractivity contribution in [3.05, 3.63) is 5.82 Å². The van der Waals surface area contributed by atoms with Crippen molar-refractivity contribution in [2.45, 2.75) is 44.7 Å². The molecular formula is C12H26N6. The summed E-state index contributed by atoms with van der Waals surface area (Å²) in [5, 5.41) is 15.7. The summed E-state index contributed by atoms with van der Waals surface area (Å²) < 4.78 is 0. The zero-order chi connectivity index (χ0) is 13.8. The van der Waals surface area contributed by atoms with Crippen LogP contribution >= 0.6 is 0 Å². The number of rotatable bonds is 7. The van der Waals surface area contributed by atoms with Gasteiger partial charge in [0.2, 0.25) is 0 Å². The third-order valence-electron chi connectivity index (χ3n) is 4.05. The molecule has 0 amide bonds. The summed E-state index contributed by atoms with van der Waals surface area (Å²) >= 11 is 0. The normalized spacial score (nSPS) is 14.2. The molecule has 1 aromatic rings. The highest BCUT2D eigenvalue weighted by Crippen LogP contribution is 2.27. The third-order valence-corrected chi connectivity index (χ3v) is 4.05. The maximum atomic E-state index is 4.28. The van der Waals surface area contributed by atoms with Crippen LogP contribution in [0.5, 0.6) is 0 Å². The minimum Gasteiger partial charge on any atom is -0.315 e. The van der Waals surface area contributed by atoms with E-state index in [1.807, 2.05) is 7.05 Å². The first-order valence-electron chi connectivity index (χ1n) is 6.57. The van der Waals surface area contributed by atoms with E-state index in [2.05, 4.69) is 53.6 Å². The zero-order valence-corrected chi connectivity index (χ0v) is 12.4. The monoisotopic (exact) mass is 254 g/mol. The molecule has 0 aliphatic heterocycles. The number of aryl methyl sites for hydroxylation is 1. The molecule has 6 nitrogen and oxygen atoms in total. The molecule has 1 unspecified atom stereocenters. The Morgan fingerprint density at radius 3 is 2.28 bits per heavy atom. The number of aromatic nitrogens is 4. The van der Waals surface area contributed by atoms with Crippen LogP contribution in [0.15, 0.2) is 0 Å². The molecule has 0 saturated carbocycles. The lowest BCUT2D eigenvalue weighted by atomic mass is 9.81. The molecule has 104 valence electrons. The van der Waals surface area contributed by atoms with E-state index in [0.29, 0.717) is 6.04 Å². The quantitative estimate of drug-likeness (QED) is 0.766. The maximum absolute atomic E-state index is 4.28. The SMILES string of the molecule is CCC(CC)(C(Cc1nnn(C)n1)NC)N(C)C. The Morgan fingerprint density at radius 1 is 1.33 bits per heavy atom. The summed E-state index contributed by atoms with van der Waals surface area (Å²) in [6.07, 6.45) is 2.97. The second kappa shape index (κ2) is 6.24. The third kappa shape index (κ3) is 2.87. The Labute approximate surface area is 110 Å². The number of nitrogens with zero attached hydrogens (tertiary/aromatic N) is 5. The maximum Gasteiger partial charge on any atom is 0.176 e. The Kier molecular flexibility index (Phi) is 5.22. The largest absolute Gasteiger partial charge is 0.315 e. The molecule has 0 aliphatic carbocycles. The molecular weight excluding hydrogens is 228 g/mol. The van der Waals surface area contributed by atoms with E-state index >= 15 is 0 Å². The number of hydrogen-bond acceptors (Lipinski definition) is 5. The highest BCUT2D eigenvalue weighted by Gasteiger charge is 2.37. The van der Waals surface area contributed by atoms with Crippen molar-refractivity contribution in [2.75, 3.05) is 21.1 Å². The van der Waals surface area contributed by atoms with Crippen LogP contribution in [0.1, 0.15) is 32.5 Å². The van der Waals surface area contributed by atoms with Gasteiger partial charge in [0.1, 0.15) is 0 Å². The van der Waals surface area contributed by atoms with Crippen molar-refractivity contribution in [2.24, 2.45) is 7.05 Å². The van der Waals surface area contributed by atoms with E-state index in [-0.39, 0.29) is 5.54 Å². The van der Waals surface area contributed by atoms with E-state index in [9.17, 15) is 0 Å². The van der Waals surface area contributed by atoms with Gasteiger partial charge in [-0.3, -0.25) is 0 Å². The molecule has 1 rings (SSSR count). The van der Waals surface area contributed by atoms with Crippen LogP contribution in [0.25, 0.3) is 0 Å². The number of hydrogen-bond donors (Lipinski definition) is 1. The fourth-order valence-corrected chi connectivity index (χ4v) is 2.84. The van der Waals surface area contributed by atoms with Gasteiger partial charge in [-0.15, -0.1) is 10.2 Å². The molecule has 6 heteroatoms. The van der Waals surface area contributed by atoms with Crippen LogP contribution in [-0.4, -0.2) is 57.8 Å². The molecule has 0 radical (unpaired) electrons. The van der Waals surface area contributed by atoms with Crippen LogP contribution < -0.4 is 5.32 Å². The second-order valence-electron chi connectivity index (χ2n) is 4.95. The van der Waals surface area contributed by atoms with Gasteiger partial charge in [-0.05, 0) is 39.2 Å². The molecule has 18 heavy (non-hydrogen) atoms. The van der Waals surface area contributed by atoms with Gasteiger partial charge in [-0.2, -0.15) is 4.80 Å². The molecule has 0 spiro atoms. The van der Waals surface area contributed by atoms with Gasteiger partial charge in [0.25, 0.3) is 0 Å². The molecule has 1 N–H and O–H groups in total. The number of nitrogens with one attached hydrogen (secondary N) is 1. The number of likely N-dealkylation sites (N-methyl/N-ethyl adjacent to an activating group) is 2. The van der Waals surface area contributed by atoms with Gasteiger partial charge in [0.15, 0.2) is 5.82 Å². The van der Waals surface area contributed by atoms with Crippen LogP contribution in [0.2, 0.25) is 0 Å². The van der Waals surface area contributed by atoms with Crippen molar-refractivity contribution < 1.29 is 0 Å². The van der Waals surface area contributed by atoms with Gasteiger partial charge < -0.3 is 10.2 Å². The van der Waals surface area contributed by atoms with Crippen LogP contribution in [0.3, 0.4) is 0 Å². The molecule has 1 aromatic heterocycles. The second-order valence-corrected chi connectivity index (χ2v) is 4.95. The standard InChI is InChI=1S/C12H26N6/c1-7-12(8-2,17(4)5)10(13-3)9-11-14-16-18(6)15-11/h10,13H,7-9H2,1-6H3. The molecule has 0 saturated heterocycles. The lowest BCUT2D eigenvalue weighted by Gasteiger charge is -2.44. The molecule has 0 aliphatic rings. The van der Waals surface area contributed by atoms with Crippen LogP contribution in [0, 0.1) is 0 Å². The van der Waals surface area contributed by atoms with Crippen molar-refractivity contribution in [3.8, 4) is 0 Å². The van der Waals surface area contributed by atoms with Crippen molar-refractivity contribution in [1.82, 2.24) is 30.4 Å². The highest BCUT2D eigenvalue weighted by molar-refractivity contribution is 5.01. The van der Waals surface area contributed by atoms with Gasteiger partial charge in [0, 0.05) is 18.0 Å². The minimum absolute atomic E-state index is 0.119. The zero-order valence-electron chi connectivity index (χ0n) is 12.4. The highest BCUT2D eigenvalue weighted by atomic mass is 15.6. The first-order valence-corrected chi connectivity index (χ1v) is 6.57. The van der Waals surface area contributed by atoms with Crippen molar-refractivity contribution in [3.63, 3.8) is 0 Å². The van der Waals surface area contributed by atoms with E-state index in [1.165, 1.54) is 4.80 Å². The Balaban J connectivity index is 2.92. The Bertz CT molecular complexity index is 355. The van der Waals surface area contributed by atoms with Gasteiger partial charge in [-0.25, -0.2) is 0 Å². The lowest BCUT2D eigenvalue weighted by molar-refractivity contribution is 0.0908. The van der Waals surface area contributed by atoms with E-state index in [4.69, 9.17) is 0 Å². The van der Waals surface area contributed by atoms with E-state index in [1.54, 1.807) is 7.05 Å². The first-order chi connectivity index (χ1) is 8.50. The number of tetrazole rings is 1. The smallest absolute Gasteiger partial charge is 0.176 e. The lowest BCUT2D eigenvalue weighted by Crippen LogP contribution is -2.58. The van der Waals surface area contributed by atoms with E-state index in [0.717, 1.165) is 25.1 Å². The van der Waals surface area contributed by atoms with E-state index < -0.39 is 0 Å². The summed E-state index contributed by atoms with van der Waals surface area (Å²) in [6.45, 7) is 4.47. The average Bonchev–Trinajstić information content (AvgIpc) is 2.75. The van der Waals surface area contributed by atoms with Gasteiger partial charge in [-0.1, -0.05) is 13.8 Å². The Hall–Kier alpha value is -1.01. The van der Waals surface area contributed by atoms with Crippen molar-refractivity contribution in [1.29, 1.82) is 0 Å². The summed E-state index contributed by atoms with van der Waals surface area (Å²) in [4.78, 5) is 3.82. The van der Waals surface area contributed by atoms with Gasteiger partial charge >= 0.3 is 0 Å². The molecule has 1 atom stereocenters. The summed E-state index contributed by atoms with van der Waals surface area (Å²) in [7, 11) is 8.08. The van der Waals surface area contributed by atoms with Crippen LogP contribution in [-0.2, 0) is 13.5 Å². The minimum atomic E-state index is 0.119. The predicted octanol–water partition coefficient (Wildman–Crippen LogP) is 0.461. The van der Waals surface area contributed by atoms with Crippen LogP contribution in [0.4, 0.5) is 0 Å². The van der Waals surface area contributed by atoms with Gasteiger partial charge in [0.05, 0.1) is 7.05 Å². The summed E-state index contributed by atoms with van der Waals surface area (Å²) in [5.74, 6) is 0.796.